The van der Waals surface area contributed by atoms with E-state index in [1.807, 2.05) is 0 Å². The van der Waals surface area contributed by atoms with Gasteiger partial charge in [-0.25, -0.2) is 4.39 Å². The maximum Gasteiger partial charge on any atom is 1.00 e. The van der Waals surface area contributed by atoms with E-state index in [0.29, 0.717) is 10.9 Å². The van der Waals surface area contributed by atoms with Crippen LogP contribution in [0.4, 0.5) is 4.39 Å². The second kappa shape index (κ2) is 3.91. The SMILES string of the molecule is [CH2-][n+]1cccc2c(F)ccc([O-])c21.[Li+]. The van der Waals surface area contributed by atoms with Crippen molar-refractivity contribution in [3.63, 3.8) is 0 Å². The molecule has 1 aromatic heterocycles. The molecular formula is C10H7FLiNO. The third-order valence-corrected chi connectivity index (χ3v) is 1.94. The molecule has 14 heavy (non-hydrogen) atoms. The third kappa shape index (κ3) is 1.57. The molecule has 2 rings (SSSR count). The summed E-state index contributed by atoms with van der Waals surface area (Å²) in [6.07, 6.45) is 1.61. The first-order valence-electron chi connectivity index (χ1n) is 3.81. The van der Waals surface area contributed by atoms with E-state index in [4.69, 9.17) is 0 Å². The molecule has 0 aliphatic rings. The fraction of sp³-hybridized carbons (Fsp3) is 0. The van der Waals surface area contributed by atoms with Crippen LogP contribution in [0.3, 0.4) is 0 Å². The van der Waals surface area contributed by atoms with Crippen molar-refractivity contribution in [2.45, 2.75) is 0 Å². The molecule has 0 fully saturated rings. The minimum atomic E-state index is -0.396. The number of hydrogen-bond acceptors (Lipinski definition) is 1. The van der Waals surface area contributed by atoms with E-state index in [1.165, 1.54) is 16.7 Å². The van der Waals surface area contributed by atoms with Gasteiger partial charge >= 0.3 is 18.9 Å². The van der Waals surface area contributed by atoms with Gasteiger partial charge in [0.05, 0.1) is 6.20 Å². The molecule has 66 valence electrons. The fourth-order valence-corrected chi connectivity index (χ4v) is 1.34. The van der Waals surface area contributed by atoms with Crippen molar-refractivity contribution in [3.05, 3.63) is 43.3 Å². The van der Waals surface area contributed by atoms with Gasteiger partial charge < -0.3 is 9.67 Å². The minimum absolute atomic E-state index is 0. The fourth-order valence-electron chi connectivity index (χ4n) is 1.34. The van der Waals surface area contributed by atoms with Crippen LogP contribution in [0, 0.1) is 12.9 Å². The van der Waals surface area contributed by atoms with Crippen LogP contribution in [-0.2, 0) is 0 Å². The first kappa shape index (κ1) is 10.9. The minimum Gasteiger partial charge on any atom is -0.877 e. The molecule has 0 atom stereocenters. The average molecular weight is 183 g/mol. The Bertz CT molecular complexity index is 465. The van der Waals surface area contributed by atoms with E-state index >= 15 is 0 Å². The van der Waals surface area contributed by atoms with Gasteiger partial charge in [0.25, 0.3) is 0 Å². The number of halogens is 1. The molecule has 0 spiro atoms. The smallest absolute Gasteiger partial charge is 0.877 e. The van der Waals surface area contributed by atoms with Gasteiger partial charge in [0.2, 0.25) is 0 Å². The van der Waals surface area contributed by atoms with Crippen molar-refractivity contribution in [3.8, 4) is 5.75 Å². The Morgan fingerprint density at radius 1 is 1.29 bits per heavy atom. The molecule has 0 N–H and O–H groups in total. The van der Waals surface area contributed by atoms with E-state index in [9.17, 15) is 9.50 Å². The molecule has 0 bridgehead atoms. The monoisotopic (exact) mass is 183 g/mol. The molecule has 1 aromatic carbocycles. The number of nitrogens with zero attached hydrogens (tertiary/aromatic N) is 1. The molecule has 4 heteroatoms. The summed E-state index contributed by atoms with van der Waals surface area (Å²) in [6, 6.07) is 5.59. The van der Waals surface area contributed by atoms with E-state index in [-0.39, 0.29) is 24.6 Å². The molecule has 0 saturated heterocycles. The van der Waals surface area contributed by atoms with Gasteiger partial charge in [0, 0.05) is 12.4 Å². The van der Waals surface area contributed by atoms with Crippen LogP contribution in [-0.4, -0.2) is 0 Å². The van der Waals surface area contributed by atoms with Crippen LogP contribution in [0.15, 0.2) is 30.5 Å². The summed E-state index contributed by atoms with van der Waals surface area (Å²) in [6.45, 7) is 0. The second-order valence-corrected chi connectivity index (χ2v) is 2.79. The van der Waals surface area contributed by atoms with Crippen molar-refractivity contribution in [1.29, 1.82) is 0 Å². The molecule has 0 unspecified atom stereocenters. The van der Waals surface area contributed by atoms with Crippen LogP contribution < -0.4 is 28.5 Å². The van der Waals surface area contributed by atoms with Gasteiger partial charge in [0.1, 0.15) is 11.3 Å². The number of rotatable bonds is 0. The Morgan fingerprint density at radius 3 is 2.64 bits per heavy atom. The summed E-state index contributed by atoms with van der Waals surface area (Å²) in [5.41, 5.74) is 0.294. The predicted octanol–water partition coefficient (Wildman–Crippen LogP) is -2.02. The van der Waals surface area contributed by atoms with Crippen LogP contribution in [0.5, 0.6) is 5.75 Å². The predicted molar refractivity (Wildman–Crippen MR) is 44.3 cm³/mol. The Labute approximate surface area is 93.2 Å². The molecular weight excluding hydrogens is 176 g/mol. The van der Waals surface area contributed by atoms with Crippen molar-refractivity contribution in [2.24, 2.45) is 0 Å². The van der Waals surface area contributed by atoms with Crippen molar-refractivity contribution < 1.29 is 32.9 Å². The summed E-state index contributed by atoms with van der Waals surface area (Å²) in [5, 5.41) is 11.6. The van der Waals surface area contributed by atoms with E-state index in [1.54, 1.807) is 18.3 Å². The van der Waals surface area contributed by atoms with Crippen molar-refractivity contribution in [1.82, 2.24) is 0 Å². The summed E-state index contributed by atoms with van der Waals surface area (Å²) in [5.74, 6) is -0.611. The number of aromatic nitrogens is 1. The molecule has 1 heterocycles. The summed E-state index contributed by atoms with van der Waals surface area (Å²) < 4.78 is 14.5. The summed E-state index contributed by atoms with van der Waals surface area (Å²) in [7, 11) is 3.60. The number of benzene rings is 1. The number of fused-ring (bicyclic) bond motifs is 1. The van der Waals surface area contributed by atoms with Gasteiger partial charge in [-0.2, -0.15) is 0 Å². The average Bonchev–Trinajstić information content (AvgIpc) is 2.12. The summed E-state index contributed by atoms with van der Waals surface area (Å²) in [4.78, 5) is 0. The molecule has 2 nitrogen and oxygen atoms in total. The second-order valence-electron chi connectivity index (χ2n) is 2.79. The molecule has 0 amide bonds. The van der Waals surface area contributed by atoms with Crippen LogP contribution >= 0.6 is 0 Å². The molecule has 2 aromatic rings. The van der Waals surface area contributed by atoms with E-state index < -0.39 is 5.82 Å². The Kier molecular flexibility index (Phi) is 3.05. The Hall–Kier alpha value is -1.17. The standard InChI is InChI=1S/C10H8FNO.Li/c1-12-6-2-3-7-8(11)4-5-9(13)10(7)12;/h2-6,13H,1H2;/q;+1/p-1. The molecule has 0 aliphatic heterocycles. The van der Waals surface area contributed by atoms with Crippen LogP contribution in [0.25, 0.3) is 10.9 Å². The molecule has 0 aliphatic carbocycles. The van der Waals surface area contributed by atoms with Crippen molar-refractivity contribution in [2.75, 3.05) is 0 Å². The normalized spacial score (nSPS) is 9.79. The summed E-state index contributed by atoms with van der Waals surface area (Å²) >= 11 is 0. The van der Waals surface area contributed by atoms with E-state index in [2.05, 4.69) is 7.05 Å². The Morgan fingerprint density at radius 2 is 2.00 bits per heavy atom. The number of pyridine rings is 1. The largest absolute Gasteiger partial charge is 1.00 e. The van der Waals surface area contributed by atoms with Gasteiger partial charge in [-0.05, 0) is 6.07 Å². The zero-order valence-electron chi connectivity index (χ0n) is 7.83. The maximum absolute atomic E-state index is 13.2. The van der Waals surface area contributed by atoms with Gasteiger partial charge in [-0.15, -0.1) is 0 Å². The van der Waals surface area contributed by atoms with Crippen LogP contribution in [0.2, 0.25) is 0 Å². The number of hydrogen-bond donors (Lipinski definition) is 0. The zero-order valence-corrected chi connectivity index (χ0v) is 7.83. The molecule has 0 radical (unpaired) electrons. The van der Waals surface area contributed by atoms with E-state index in [0.717, 1.165) is 0 Å². The van der Waals surface area contributed by atoms with Gasteiger partial charge in [-0.1, -0.05) is 23.9 Å². The Balaban J connectivity index is 0.000000980. The first-order chi connectivity index (χ1) is 6.20. The van der Waals surface area contributed by atoms with Gasteiger partial charge in [0.15, 0.2) is 0 Å². The van der Waals surface area contributed by atoms with Crippen molar-refractivity contribution >= 4 is 10.9 Å². The topological polar surface area (TPSA) is 26.9 Å². The van der Waals surface area contributed by atoms with Crippen LogP contribution in [0.1, 0.15) is 0 Å². The third-order valence-electron chi connectivity index (χ3n) is 1.94. The maximum atomic E-state index is 13.2. The zero-order chi connectivity index (χ0) is 9.42. The van der Waals surface area contributed by atoms with Gasteiger partial charge in [-0.3, -0.25) is 0 Å². The molecule has 0 saturated carbocycles. The first-order valence-corrected chi connectivity index (χ1v) is 3.81. The quantitative estimate of drug-likeness (QED) is 0.263.